The van der Waals surface area contributed by atoms with Gasteiger partial charge in [-0.2, -0.15) is 0 Å². The van der Waals surface area contributed by atoms with Crippen molar-refractivity contribution in [3.63, 3.8) is 0 Å². The third-order valence-electron chi connectivity index (χ3n) is 3.64. The van der Waals surface area contributed by atoms with Crippen molar-refractivity contribution in [3.8, 4) is 0 Å². The van der Waals surface area contributed by atoms with Crippen molar-refractivity contribution in [1.29, 1.82) is 0 Å². The van der Waals surface area contributed by atoms with Gasteiger partial charge >= 0.3 is 0 Å². The number of oxime groups is 1. The first-order chi connectivity index (χ1) is 8.47. The van der Waals surface area contributed by atoms with Crippen molar-refractivity contribution in [3.05, 3.63) is 0 Å². The molecule has 1 saturated carbocycles. The van der Waals surface area contributed by atoms with E-state index in [2.05, 4.69) is 24.3 Å². The molecule has 5 heteroatoms. The van der Waals surface area contributed by atoms with Crippen LogP contribution in [-0.4, -0.2) is 23.5 Å². The Morgan fingerprint density at radius 2 is 2.06 bits per heavy atom. The largest absolute Gasteiger partial charge is 0.409 e. The van der Waals surface area contributed by atoms with Gasteiger partial charge in [0, 0.05) is 6.54 Å². The van der Waals surface area contributed by atoms with E-state index in [1.54, 1.807) is 0 Å². The Morgan fingerprint density at radius 3 is 2.56 bits per heavy atom. The zero-order chi connectivity index (χ0) is 13.6. The molecule has 0 radical (unpaired) electrons. The van der Waals surface area contributed by atoms with Crippen molar-refractivity contribution < 1.29 is 10.0 Å². The van der Waals surface area contributed by atoms with Crippen molar-refractivity contribution in [2.45, 2.75) is 52.4 Å². The van der Waals surface area contributed by atoms with Gasteiger partial charge in [-0.25, -0.2) is 0 Å². The van der Waals surface area contributed by atoms with Gasteiger partial charge in [-0.1, -0.05) is 31.8 Å². The van der Waals surface area contributed by atoms with Gasteiger partial charge in [-0.05, 0) is 30.6 Å². The summed E-state index contributed by atoms with van der Waals surface area (Å²) in [5.41, 5.74) is 5.57. The summed E-state index contributed by atoms with van der Waals surface area (Å²) in [4.78, 5) is 11.6. The first kappa shape index (κ1) is 14.8. The number of hydrogen-bond acceptors (Lipinski definition) is 3. The molecule has 0 aromatic carbocycles. The first-order valence-corrected chi connectivity index (χ1v) is 6.70. The van der Waals surface area contributed by atoms with Crippen LogP contribution in [-0.2, 0) is 4.79 Å². The molecule has 0 aromatic rings. The molecular formula is C13H25N3O2. The molecule has 18 heavy (non-hydrogen) atoms. The van der Waals surface area contributed by atoms with Crippen LogP contribution in [0.15, 0.2) is 5.16 Å². The SMILES string of the molecule is CC(C)CC1(CNC(=O)CC(N)=NO)CCCC1. The summed E-state index contributed by atoms with van der Waals surface area (Å²) in [6.45, 7) is 5.15. The Hall–Kier alpha value is -1.26. The van der Waals surface area contributed by atoms with E-state index in [-0.39, 0.29) is 23.6 Å². The van der Waals surface area contributed by atoms with Crippen LogP contribution in [0.5, 0.6) is 0 Å². The van der Waals surface area contributed by atoms with Gasteiger partial charge in [-0.15, -0.1) is 0 Å². The first-order valence-electron chi connectivity index (χ1n) is 6.70. The van der Waals surface area contributed by atoms with Crippen LogP contribution < -0.4 is 11.1 Å². The standard InChI is InChI=1S/C13H25N3O2/c1-10(2)8-13(5-3-4-6-13)9-15-12(17)7-11(14)16-18/h10,18H,3-9H2,1-2H3,(H2,14,16)(H,15,17). The minimum absolute atomic E-state index is 0.0335. The molecule has 0 bridgehead atoms. The van der Waals surface area contributed by atoms with Gasteiger partial charge in [0.1, 0.15) is 5.84 Å². The molecule has 4 N–H and O–H groups in total. The lowest BCUT2D eigenvalue weighted by Crippen LogP contribution is -2.38. The maximum atomic E-state index is 11.6. The molecule has 1 aliphatic carbocycles. The van der Waals surface area contributed by atoms with E-state index in [0.717, 1.165) is 6.42 Å². The number of rotatable bonds is 6. The average molecular weight is 255 g/mol. The normalized spacial score (nSPS) is 19.2. The van der Waals surface area contributed by atoms with Gasteiger partial charge < -0.3 is 16.3 Å². The minimum atomic E-state index is -0.166. The van der Waals surface area contributed by atoms with E-state index < -0.39 is 0 Å². The molecule has 0 aromatic heterocycles. The van der Waals surface area contributed by atoms with E-state index in [9.17, 15) is 4.79 Å². The van der Waals surface area contributed by atoms with Crippen LogP contribution in [0.25, 0.3) is 0 Å². The number of carbonyl (C=O) groups is 1. The third kappa shape index (κ3) is 4.55. The summed E-state index contributed by atoms with van der Waals surface area (Å²) in [6, 6.07) is 0. The number of amidine groups is 1. The second-order valence-electron chi connectivity index (χ2n) is 5.85. The Labute approximate surface area is 109 Å². The zero-order valence-corrected chi connectivity index (χ0v) is 11.4. The number of hydrogen-bond donors (Lipinski definition) is 3. The summed E-state index contributed by atoms with van der Waals surface area (Å²) >= 11 is 0. The molecule has 1 aliphatic rings. The zero-order valence-electron chi connectivity index (χ0n) is 11.4. The van der Waals surface area contributed by atoms with Gasteiger partial charge in [0.2, 0.25) is 5.91 Å². The van der Waals surface area contributed by atoms with Crippen LogP contribution in [0.4, 0.5) is 0 Å². The maximum Gasteiger partial charge on any atom is 0.227 e. The van der Waals surface area contributed by atoms with Crippen molar-refractivity contribution in [2.24, 2.45) is 22.2 Å². The number of nitrogens with one attached hydrogen (secondary N) is 1. The molecule has 5 nitrogen and oxygen atoms in total. The lowest BCUT2D eigenvalue weighted by atomic mass is 9.78. The predicted octanol–water partition coefficient (Wildman–Crippen LogP) is 1.85. The van der Waals surface area contributed by atoms with Crippen molar-refractivity contribution in [1.82, 2.24) is 5.32 Å². The number of amides is 1. The molecule has 1 amide bonds. The second-order valence-corrected chi connectivity index (χ2v) is 5.85. The van der Waals surface area contributed by atoms with Crippen LogP contribution in [0.2, 0.25) is 0 Å². The highest BCUT2D eigenvalue weighted by atomic mass is 16.4. The summed E-state index contributed by atoms with van der Waals surface area (Å²) in [5, 5.41) is 14.1. The third-order valence-corrected chi connectivity index (χ3v) is 3.64. The highest BCUT2D eigenvalue weighted by Gasteiger charge is 2.34. The fraction of sp³-hybridized carbons (Fsp3) is 0.846. The van der Waals surface area contributed by atoms with Gasteiger partial charge in [0.15, 0.2) is 0 Å². The predicted molar refractivity (Wildman–Crippen MR) is 71.4 cm³/mol. The molecule has 0 unspecified atom stereocenters. The van der Waals surface area contributed by atoms with Gasteiger partial charge in [-0.3, -0.25) is 4.79 Å². The summed E-state index contributed by atoms with van der Waals surface area (Å²) in [5.74, 6) is 0.432. The Bertz CT molecular complexity index is 307. The molecular weight excluding hydrogens is 230 g/mol. The monoisotopic (exact) mass is 255 g/mol. The molecule has 104 valence electrons. The van der Waals surface area contributed by atoms with E-state index in [1.807, 2.05) is 0 Å². The van der Waals surface area contributed by atoms with Crippen LogP contribution in [0.1, 0.15) is 52.4 Å². The van der Waals surface area contributed by atoms with E-state index >= 15 is 0 Å². The summed E-state index contributed by atoms with van der Waals surface area (Å²) in [6.07, 6.45) is 6.00. The van der Waals surface area contributed by atoms with Crippen LogP contribution in [0.3, 0.4) is 0 Å². The minimum Gasteiger partial charge on any atom is -0.409 e. The van der Waals surface area contributed by atoms with Gasteiger partial charge in [0.05, 0.1) is 6.42 Å². The Kier molecular flexibility index (Phi) is 5.44. The average Bonchev–Trinajstić information content (AvgIpc) is 2.74. The number of nitrogens with two attached hydrogens (primary N) is 1. The summed E-state index contributed by atoms with van der Waals surface area (Å²) < 4.78 is 0. The molecule has 0 heterocycles. The van der Waals surface area contributed by atoms with Crippen molar-refractivity contribution in [2.75, 3.05) is 6.54 Å². The van der Waals surface area contributed by atoms with E-state index in [1.165, 1.54) is 25.7 Å². The number of nitrogens with zero attached hydrogens (tertiary/aromatic N) is 1. The quantitative estimate of drug-likeness (QED) is 0.293. The van der Waals surface area contributed by atoms with Crippen molar-refractivity contribution >= 4 is 11.7 Å². The van der Waals surface area contributed by atoms with E-state index in [4.69, 9.17) is 10.9 Å². The fourth-order valence-corrected chi connectivity index (χ4v) is 2.99. The highest BCUT2D eigenvalue weighted by molar-refractivity contribution is 5.98. The summed E-state index contributed by atoms with van der Waals surface area (Å²) in [7, 11) is 0. The lowest BCUT2D eigenvalue weighted by Gasteiger charge is -2.31. The second kappa shape index (κ2) is 6.61. The Morgan fingerprint density at radius 1 is 1.44 bits per heavy atom. The van der Waals surface area contributed by atoms with Gasteiger partial charge in [0.25, 0.3) is 0 Å². The topological polar surface area (TPSA) is 87.7 Å². The molecule has 0 spiro atoms. The van der Waals surface area contributed by atoms with Crippen LogP contribution >= 0.6 is 0 Å². The van der Waals surface area contributed by atoms with Crippen LogP contribution in [0, 0.1) is 11.3 Å². The number of carbonyl (C=O) groups excluding carboxylic acids is 1. The fourth-order valence-electron chi connectivity index (χ4n) is 2.99. The maximum absolute atomic E-state index is 11.6. The van der Waals surface area contributed by atoms with E-state index in [0.29, 0.717) is 12.5 Å². The smallest absolute Gasteiger partial charge is 0.227 e. The molecule has 0 aliphatic heterocycles. The molecule has 1 fully saturated rings. The molecule has 1 rings (SSSR count). The highest BCUT2D eigenvalue weighted by Crippen LogP contribution is 2.42. The lowest BCUT2D eigenvalue weighted by molar-refractivity contribution is -0.120. The molecule has 0 atom stereocenters. The molecule has 0 saturated heterocycles. The Balaban J connectivity index is 2.45.